The second-order valence-corrected chi connectivity index (χ2v) is 3.94. The van der Waals surface area contributed by atoms with E-state index < -0.39 is 11.6 Å². The Morgan fingerprint density at radius 2 is 2.06 bits per heavy atom. The lowest BCUT2D eigenvalue weighted by atomic mass is 10.2. The van der Waals surface area contributed by atoms with Crippen molar-refractivity contribution in [3.63, 3.8) is 0 Å². The maximum absolute atomic E-state index is 13.4. The van der Waals surface area contributed by atoms with E-state index in [0.717, 1.165) is 31.5 Å². The lowest BCUT2D eigenvalue weighted by Crippen LogP contribution is -2.37. The molecule has 1 aromatic carbocycles. The lowest BCUT2D eigenvalue weighted by Gasteiger charge is -2.12. The van der Waals surface area contributed by atoms with Crippen LogP contribution in [0.1, 0.15) is 25.3 Å². The Balaban J connectivity index is 2.49. The van der Waals surface area contributed by atoms with Crippen molar-refractivity contribution in [1.82, 2.24) is 10.6 Å². The van der Waals surface area contributed by atoms with Crippen molar-refractivity contribution >= 4 is 5.96 Å². The van der Waals surface area contributed by atoms with E-state index in [9.17, 15) is 8.78 Å². The normalized spacial score (nSPS) is 11.4. The summed E-state index contributed by atoms with van der Waals surface area (Å²) in [7, 11) is 1.64. The number of nitrogens with one attached hydrogen (secondary N) is 2. The van der Waals surface area contributed by atoms with Crippen molar-refractivity contribution in [2.75, 3.05) is 13.6 Å². The summed E-state index contributed by atoms with van der Waals surface area (Å²) in [5, 5.41) is 6.04. The van der Waals surface area contributed by atoms with Crippen LogP contribution >= 0.6 is 0 Å². The van der Waals surface area contributed by atoms with Crippen LogP contribution in [-0.4, -0.2) is 19.6 Å². The minimum atomic E-state index is -0.442. The molecule has 0 radical (unpaired) electrons. The van der Waals surface area contributed by atoms with Crippen molar-refractivity contribution in [3.8, 4) is 0 Å². The summed E-state index contributed by atoms with van der Waals surface area (Å²) in [6.45, 7) is 3.11. The molecule has 0 aromatic heterocycles. The van der Waals surface area contributed by atoms with Gasteiger partial charge in [-0.3, -0.25) is 4.99 Å². The van der Waals surface area contributed by atoms with Crippen LogP contribution in [-0.2, 0) is 6.54 Å². The van der Waals surface area contributed by atoms with Crippen LogP contribution in [0.25, 0.3) is 0 Å². The maximum atomic E-state index is 13.4. The second-order valence-electron chi connectivity index (χ2n) is 3.94. The number of hydrogen-bond donors (Lipinski definition) is 2. The SMILES string of the molecule is CCCCNC(=NC)NCc1cc(F)ccc1F. The zero-order chi connectivity index (χ0) is 13.4. The average molecular weight is 255 g/mol. The Morgan fingerprint density at radius 3 is 2.72 bits per heavy atom. The van der Waals surface area contributed by atoms with Gasteiger partial charge in [-0.15, -0.1) is 0 Å². The monoisotopic (exact) mass is 255 g/mol. The molecule has 0 saturated carbocycles. The van der Waals surface area contributed by atoms with Crippen LogP contribution in [0.2, 0.25) is 0 Å². The molecule has 0 heterocycles. The Morgan fingerprint density at radius 1 is 1.28 bits per heavy atom. The predicted molar refractivity (Wildman–Crippen MR) is 69.5 cm³/mol. The highest BCUT2D eigenvalue weighted by Crippen LogP contribution is 2.08. The van der Waals surface area contributed by atoms with Gasteiger partial charge in [0.1, 0.15) is 11.6 Å². The number of benzene rings is 1. The highest BCUT2D eigenvalue weighted by molar-refractivity contribution is 5.79. The quantitative estimate of drug-likeness (QED) is 0.481. The summed E-state index contributed by atoms with van der Waals surface area (Å²) in [6.07, 6.45) is 2.12. The Hall–Kier alpha value is -1.65. The second kappa shape index (κ2) is 7.63. The fraction of sp³-hybridized carbons (Fsp3) is 0.462. The third-order valence-corrected chi connectivity index (χ3v) is 2.50. The highest BCUT2D eigenvalue weighted by Gasteiger charge is 2.04. The van der Waals surface area contributed by atoms with E-state index in [1.54, 1.807) is 7.05 Å². The zero-order valence-electron chi connectivity index (χ0n) is 10.8. The molecule has 1 aromatic rings. The largest absolute Gasteiger partial charge is 0.356 e. The molecule has 1 rings (SSSR count). The fourth-order valence-electron chi connectivity index (χ4n) is 1.46. The highest BCUT2D eigenvalue weighted by atomic mass is 19.1. The minimum Gasteiger partial charge on any atom is -0.356 e. The van der Waals surface area contributed by atoms with E-state index in [4.69, 9.17) is 0 Å². The molecule has 3 nitrogen and oxygen atoms in total. The van der Waals surface area contributed by atoms with Gasteiger partial charge in [0.05, 0.1) is 0 Å². The van der Waals surface area contributed by atoms with Crippen LogP contribution in [0.3, 0.4) is 0 Å². The van der Waals surface area contributed by atoms with Gasteiger partial charge in [-0.05, 0) is 24.6 Å². The Labute approximate surface area is 106 Å². The molecule has 0 amide bonds. The number of halogens is 2. The summed E-state index contributed by atoms with van der Waals surface area (Å²) < 4.78 is 26.3. The zero-order valence-corrected chi connectivity index (χ0v) is 10.8. The lowest BCUT2D eigenvalue weighted by molar-refractivity contribution is 0.581. The molecule has 100 valence electrons. The van der Waals surface area contributed by atoms with E-state index in [1.807, 2.05) is 0 Å². The molecule has 0 aliphatic carbocycles. The number of guanidine groups is 1. The van der Waals surface area contributed by atoms with Gasteiger partial charge >= 0.3 is 0 Å². The first-order chi connectivity index (χ1) is 8.67. The summed E-state index contributed by atoms with van der Waals surface area (Å²) in [4.78, 5) is 4.01. The van der Waals surface area contributed by atoms with Crippen molar-refractivity contribution < 1.29 is 8.78 Å². The summed E-state index contributed by atoms with van der Waals surface area (Å²) in [6, 6.07) is 3.41. The first-order valence-electron chi connectivity index (χ1n) is 6.05. The summed E-state index contributed by atoms with van der Waals surface area (Å²) in [5.41, 5.74) is 0.286. The summed E-state index contributed by atoms with van der Waals surface area (Å²) in [5.74, 6) is -0.276. The first-order valence-corrected chi connectivity index (χ1v) is 6.05. The molecule has 0 fully saturated rings. The molecule has 0 atom stereocenters. The van der Waals surface area contributed by atoms with Gasteiger partial charge in [0.25, 0.3) is 0 Å². The van der Waals surface area contributed by atoms with E-state index in [-0.39, 0.29) is 12.1 Å². The summed E-state index contributed by atoms with van der Waals surface area (Å²) >= 11 is 0. The van der Waals surface area contributed by atoms with Crippen molar-refractivity contribution in [2.45, 2.75) is 26.3 Å². The topological polar surface area (TPSA) is 36.4 Å². The van der Waals surface area contributed by atoms with Gasteiger partial charge in [0.2, 0.25) is 0 Å². The molecular formula is C13H19F2N3. The third kappa shape index (κ3) is 4.69. The van der Waals surface area contributed by atoms with Crippen molar-refractivity contribution in [1.29, 1.82) is 0 Å². The van der Waals surface area contributed by atoms with Gasteiger partial charge in [0, 0.05) is 25.7 Å². The molecule has 0 bridgehead atoms. The van der Waals surface area contributed by atoms with Crippen molar-refractivity contribution in [2.24, 2.45) is 4.99 Å². The Bertz CT molecular complexity index is 405. The van der Waals surface area contributed by atoms with Crippen LogP contribution < -0.4 is 10.6 Å². The predicted octanol–water partition coefficient (Wildman–Crippen LogP) is 2.43. The molecular weight excluding hydrogens is 236 g/mol. The molecule has 0 unspecified atom stereocenters. The molecule has 5 heteroatoms. The number of nitrogens with zero attached hydrogens (tertiary/aromatic N) is 1. The number of aliphatic imine (C=N–C) groups is 1. The molecule has 18 heavy (non-hydrogen) atoms. The first kappa shape index (κ1) is 14.4. The van der Waals surface area contributed by atoms with E-state index in [0.29, 0.717) is 5.96 Å². The van der Waals surface area contributed by atoms with Crippen LogP contribution in [0.15, 0.2) is 23.2 Å². The van der Waals surface area contributed by atoms with Gasteiger partial charge in [-0.2, -0.15) is 0 Å². The van der Waals surface area contributed by atoms with E-state index >= 15 is 0 Å². The number of hydrogen-bond acceptors (Lipinski definition) is 1. The number of rotatable bonds is 5. The van der Waals surface area contributed by atoms with Gasteiger partial charge in [0.15, 0.2) is 5.96 Å². The van der Waals surface area contributed by atoms with Crippen LogP contribution in [0, 0.1) is 11.6 Å². The van der Waals surface area contributed by atoms with Gasteiger partial charge < -0.3 is 10.6 Å². The fourth-order valence-corrected chi connectivity index (χ4v) is 1.46. The number of unbranched alkanes of at least 4 members (excludes halogenated alkanes) is 1. The molecule has 0 aliphatic heterocycles. The standard InChI is InChI=1S/C13H19F2N3/c1-3-4-7-17-13(16-2)18-9-10-8-11(14)5-6-12(10)15/h5-6,8H,3-4,7,9H2,1-2H3,(H2,16,17,18). The maximum Gasteiger partial charge on any atom is 0.191 e. The van der Waals surface area contributed by atoms with Crippen molar-refractivity contribution in [3.05, 3.63) is 35.4 Å². The van der Waals surface area contributed by atoms with E-state index in [2.05, 4.69) is 22.5 Å². The smallest absolute Gasteiger partial charge is 0.191 e. The third-order valence-electron chi connectivity index (χ3n) is 2.50. The molecule has 2 N–H and O–H groups in total. The van der Waals surface area contributed by atoms with E-state index in [1.165, 1.54) is 6.07 Å². The molecule has 0 aliphatic rings. The van der Waals surface area contributed by atoms with Gasteiger partial charge in [-0.1, -0.05) is 13.3 Å². The molecule has 0 saturated heterocycles. The van der Waals surface area contributed by atoms with Crippen LogP contribution in [0.4, 0.5) is 8.78 Å². The van der Waals surface area contributed by atoms with Gasteiger partial charge in [-0.25, -0.2) is 8.78 Å². The minimum absolute atomic E-state index is 0.204. The average Bonchev–Trinajstić information content (AvgIpc) is 2.37. The molecule has 0 spiro atoms. The van der Waals surface area contributed by atoms with Crippen LogP contribution in [0.5, 0.6) is 0 Å². The Kier molecular flexibility index (Phi) is 6.11.